The third-order valence-electron chi connectivity index (χ3n) is 4.66. The second-order valence-electron chi connectivity index (χ2n) is 7.90. The molecule has 0 spiro atoms. The molecule has 6 nitrogen and oxygen atoms in total. The molecule has 0 aromatic heterocycles. The predicted octanol–water partition coefficient (Wildman–Crippen LogP) is 4.07. The van der Waals surface area contributed by atoms with Crippen LogP contribution < -0.4 is 20.1 Å². The number of carbonyl (C=O) groups is 2. The summed E-state index contributed by atoms with van der Waals surface area (Å²) in [6.45, 7) is 8.50. The molecule has 0 heterocycles. The second-order valence-corrected chi connectivity index (χ2v) is 7.90. The van der Waals surface area contributed by atoms with E-state index in [9.17, 15) is 9.59 Å². The van der Waals surface area contributed by atoms with Crippen LogP contribution in [0.15, 0.2) is 36.4 Å². The van der Waals surface area contributed by atoms with Gasteiger partial charge in [0.15, 0.2) is 11.5 Å². The molecule has 0 saturated heterocycles. The summed E-state index contributed by atoms with van der Waals surface area (Å²) in [5.41, 5.74) is 3.29. The van der Waals surface area contributed by atoms with E-state index < -0.39 is 0 Å². The number of aryl methyl sites for hydroxylation is 1. The van der Waals surface area contributed by atoms with Crippen LogP contribution in [0.3, 0.4) is 0 Å². The van der Waals surface area contributed by atoms with Gasteiger partial charge in [0.1, 0.15) is 0 Å². The molecule has 0 radical (unpaired) electrons. The highest BCUT2D eigenvalue weighted by molar-refractivity contribution is 5.95. The first kappa shape index (κ1) is 22.3. The van der Waals surface area contributed by atoms with E-state index in [0.717, 1.165) is 5.56 Å². The first-order valence-corrected chi connectivity index (χ1v) is 9.57. The van der Waals surface area contributed by atoms with Crippen molar-refractivity contribution in [3.63, 3.8) is 0 Å². The van der Waals surface area contributed by atoms with Crippen LogP contribution in [0.4, 0.5) is 5.69 Å². The summed E-state index contributed by atoms with van der Waals surface area (Å²) < 4.78 is 10.5. The normalized spacial score (nSPS) is 11.0. The van der Waals surface area contributed by atoms with Crippen LogP contribution in [-0.4, -0.2) is 32.6 Å². The highest BCUT2D eigenvalue weighted by Gasteiger charge is 2.15. The van der Waals surface area contributed by atoms with Crippen LogP contribution in [0, 0.1) is 6.92 Å². The van der Waals surface area contributed by atoms with Gasteiger partial charge in [-0.05, 0) is 41.7 Å². The molecule has 2 aromatic rings. The molecule has 6 heteroatoms. The minimum Gasteiger partial charge on any atom is -0.493 e. The van der Waals surface area contributed by atoms with E-state index in [-0.39, 0.29) is 30.2 Å². The summed E-state index contributed by atoms with van der Waals surface area (Å²) in [7, 11) is 3.11. The van der Waals surface area contributed by atoms with Crippen LogP contribution in [-0.2, 0) is 10.2 Å². The number of hydrogen-bond donors (Lipinski definition) is 2. The summed E-state index contributed by atoms with van der Waals surface area (Å²) in [5, 5.41) is 5.63. The standard InChI is InChI=1S/C23H30N2O4/c1-15-13-19(28-5)20(29-6)14-18(15)25-21(26)11-12-24-22(27)16-7-9-17(10-8-16)23(2,3)4/h7-10,13-14H,11-12H2,1-6H3,(H,24,27)(H,25,26). The summed E-state index contributed by atoms with van der Waals surface area (Å²) in [4.78, 5) is 24.5. The second kappa shape index (κ2) is 9.45. The average Bonchev–Trinajstić information content (AvgIpc) is 2.68. The van der Waals surface area contributed by atoms with E-state index in [0.29, 0.717) is 22.7 Å². The van der Waals surface area contributed by atoms with E-state index in [1.165, 1.54) is 5.56 Å². The first-order valence-electron chi connectivity index (χ1n) is 9.57. The Bertz CT molecular complexity index is 868. The average molecular weight is 399 g/mol. The lowest BCUT2D eigenvalue weighted by atomic mass is 9.87. The third-order valence-corrected chi connectivity index (χ3v) is 4.66. The first-order chi connectivity index (χ1) is 13.7. The Morgan fingerprint density at radius 3 is 2.10 bits per heavy atom. The Kier molecular flexibility index (Phi) is 7.26. The van der Waals surface area contributed by atoms with Gasteiger partial charge in [0, 0.05) is 30.3 Å². The topological polar surface area (TPSA) is 76.7 Å². The molecule has 2 N–H and O–H groups in total. The van der Waals surface area contributed by atoms with E-state index in [1.54, 1.807) is 26.4 Å². The highest BCUT2D eigenvalue weighted by Crippen LogP contribution is 2.32. The molecule has 0 saturated carbocycles. The largest absolute Gasteiger partial charge is 0.493 e. The smallest absolute Gasteiger partial charge is 0.251 e. The number of methoxy groups -OCH3 is 2. The van der Waals surface area contributed by atoms with Gasteiger partial charge in [-0.1, -0.05) is 32.9 Å². The molecule has 0 atom stereocenters. The molecular formula is C23H30N2O4. The molecule has 0 bridgehead atoms. The minimum absolute atomic E-state index is 0.0371. The fourth-order valence-electron chi connectivity index (χ4n) is 2.84. The van der Waals surface area contributed by atoms with Crippen molar-refractivity contribution < 1.29 is 19.1 Å². The van der Waals surface area contributed by atoms with Crippen LogP contribution in [0.2, 0.25) is 0 Å². The summed E-state index contributed by atoms with van der Waals surface area (Å²) in [5.74, 6) is 0.761. The number of anilines is 1. The van der Waals surface area contributed by atoms with Gasteiger partial charge in [-0.2, -0.15) is 0 Å². The predicted molar refractivity (Wildman–Crippen MR) is 115 cm³/mol. The third kappa shape index (κ3) is 5.98. The lowest BCUT2D eigenvalue weighted by molar-refractivity contribution is -0.116. The molecule has 0 fully saturated rings. The van der Waals surface area contributed by atoms with Gasteiger partial charge in [0.2, 0.25) is 5.91 Å². The van der Waals surface area contributed by atoms with Crippen molar-refractivity contribution in [2.75, 3.05) is 26.1 Å². The Morgan fingerprint density at radius 1 is 0.966 bits per heavy atom. The van der Waals surface area contributed by atoms with Crippen LogP contribution >= 0.6 is 0 Å². The van der Waals surface area contributed by atoms with Crippen LogP contribution in [0.1, 0.15) is 48.7 Å². The zero-order valence-corrected chi connectivity index (χ0v) is 18.0. The highest BCUT2D eigenvalue weighted by atomic mass is 16.5. The Morgan fingerprint density at radius 2 is 1.55 bits per heavy atom. The van der Waals surface area contributed by atoms with E-state index in [1.807, 2.05) is 31.2 Å². The summed E-state index contributed by atoms with van der Waals surface area (Å²) in [6.07, 6.45) is 0.166. The van der Waals surface area contributed by atoms with E-state index >= 15 is 0 Å². The van der Waals surface area contributed by atoms with Crippen molar-refractivity contribution >= 4 is 17.5 Å². The molecule has 156 valence electrons. The zero-order valence-electron chi connectivity index (χ0n) is 18.0. The van der Waals surface area contributed by atoms with Gasteiger partial charge in [0.25, 0.3) is 5.91 Å². The van der Waals surface area contributed by atoms with Crippen LogP contribution in [0.5, 0.6) is 11.5 Å². The summed E-state index contributed by atoms with van der Waals surface area (Å²) in [6, 6.07) is 11.1. The van der Waals surface area contributed by atoms with Crippen molar-refractivity contribution in [2.24, 2.45) is 0 Å². The van der Waals surface area contributed by atoms with Crippen molar-refractivity contribution in [2.45, 2.75) is 39.5 Å². The molecular weight excluding hydrogens is 368 g/mol. The maximum absolute atomic E-state index is 12.3. The number of rotatable bonds is 7. The van der Waals surface area contributed by atoms with Gasteiger partial charge in [-0.25, -0.2) is 0 Å². The number of ether oxygens (including phenoxy) is 2. The van der Waals surface area contributed by atoms with Gasteiger partial charge >= 0.3 is 0 Å². The SMILES string of the molecule is COc1cc(C)c(NC(=O)CCNC(=O)c2ccc(C(C)(C)C)cc2)cc1OC. The molecule has 2 aromatic carbocycles. The van der Waals surface area contributed by atoms with Gasteiger partial charge in [0.05, 0.1) is 14.2 Å². The number of nitrogens with one attached hydrogen (secondary N) is 2. The van der Waals surface area contributed by atoms with Crippen molar-refractivity contribution in [1.29, 1.82) is 0 Å². The number of carbonyl (C=O) groups excluding carboxylic acids is 2. The van der Waals surface area contributed by atoms with Crippen molar-refractivity contribution in [3.8, 4) is 11.5 Å². The van der Waals surface area contributed by atoms with E-state index in [2.05, 4.69) is 31.4 Å². The maximum Gasteiger partial charge on any atom is 0.251 e. The van der Waals surface area contributed by atoms with Gasteiger partial charge in [-0.3, -0.25) is 9.59 Å². The number of amides is 2. The quantitative estimate of drug-likeness (QED) is 0.737. The van der Waals surface area contributed by atoms with E-state index in [4.69, 9.17) is 9.47 Å². The van der Waals surface area contributed by atoms with Crippen LogP contribution in [0.25, 0.3) is 0 Å². The fraction of sp³-hybridized carbons (Fsp3) is 0.391. The van der Waals surface area contributed by atoms with Gasteiger partial charge in [-0.15, -0.1) is 0 Å². The Hall–Kier alpha value is -3.02. The molecule has 0 aliphatic carbocycles. The molecule has 2 amide bonds. The molecule has 0 aliphatic rings. The molecule has 0 unspecified atom stereocenters. The lowest BCUT2D eigenvalue weighted by Gasteiger charge is -2.19. The zero-order chi connectivity index (χ0) is 21.6. The van der Waals surface area contributed by atoms with Gasteiger partial charge < -0.3 is 20.1 Å². The summed E-state index contributed by atoms with van der Waals surface area (Å²) >= 11 is 0. The maximum atomic E-state index is 12.3. The minimum atomic E-state index is -0.194. The molecule has 29 heavy (non-hydrogen) atoms. The number of benzene rings is 2. The molecule has 0 aliphatic heterocycles. The Balaban J connectivity index is 1.89. The monoisotopic (exact) mass is 398 g/mol. The fourth-order valence-corrected chi connectivity index (χ4v) is 2.84. The Labute approximate surface area is 172 Å². The van der Waals surface area contributed by atoms with Crippen molar-refractivity contribution in [3.05, 3.63) is 53.1 Å². The molecule has 2 rings (SSSR count). The van der Waals surface area contributed by atoms with Crippen molar-refractivity contribution in [1.82, 2.24) is 5.32 Å². The number of hydrogen-bond acceptors (Lipinski definition) is 4. The lowest BCUT2D eigenvalue weighted by Crippen LogP contribution is -2.27.